The lowest BCUT2D eigenvalue weighted by Crippen LogP contribution is -2.30. The van der Waals surface area contributed by atoms with E-state index in [9.17, 15) is 14.4 Å². The van der Waals surface area contributed by atoms with Crippen LogP contribution in [0.4, 0.5) is 4.79 Å². The van der Waals surface area contributed by atoms with Crippen LogP contribution in [0, 0.1) is 13.8 Å². The highest BCUT2D eigenvalue weighted by atomic mass is 16.5. The Hall–Kier alpha value is -4.59. The molecule has 1 fully saturated rings. The number of benzene rings is 2. The van der Waals surface area contributed by atoms with Crippen LogP contribution in [0.15, 0.2) is 70.8 Å². The van der Waals surface area contributed by atoms with Crippen LogP contribution < -0.4 is 5.32 Å². The molecule has 5 rings (SSSR count). The fraction of sp³-hybridized carbons (Fsp3) is 0.179. The first-order valence-corrected chi connectivity index (χ1v) is 11.5. The van der Waals surface area contributed by atoms with Gasteiger partial charge in [-0.25, -0.2) is 9.59 Å². The van der Waals surface area contributed by atoms with E-state index >= 15 is 0 Å². The molecule has 4 aromatic rings. The quantitative estimate of drug-likeness (QED) is 0.242. The van der Waals surface area contributed by atoms with Gasteiger partial charge in [-0.15, -0.1) is 0 Å². The number of esters is 1. The van der Waals surface area contributed by atoms with Crippen molar-refractivity contribution in [2.75, 3.05) is 7.11 Å². The minimum Gasteiger partial charge on any atom is -0.463 e. The molecule has 2 aromatic carbocycles. The van der Waals surface area contributed by atoms with Crippen molar-refractivity contribution in [2.24, 2.45) is 0 Å². The van der Waals surface area contributed by atoms with Gasteiger partial charge < -0.3 is 19.0 Å². The number of furan rings is 1. The van der Waals surface area contributed by atoms with Crippen molar-refractivity contribution in [3.05, 3.63) is 100 Å². The van der Waals surface area contributed by atoms with Crippen molar-refractivity contribution in [1.82, 2.24) is 14.8 Å². The summed E-state index contributed by atoms with van der Waals surface area (Å²) >= 11 is 0. The molecule has 0 unspecified atom stereocenters. The molecule has 2 aromatic heterocycles. The molecule has 1 N–H and O–H groups in total. The molecule has 3 heterocycles. The number of fused-ring (bicyclic) bond motifs is 1. The van der Waals surface area contributed by atoms with Gasteiger partial charge in [0.2, 0.25) is 5.76 Å². The summed E-state index contributed by atoms with van der Waals surface area (Å²) < 4.78 is 12.3. The maximum atomic E-state index is 13.1. The monoisotopic (exact) mass is 483 g/mol. The van der Waals surface area contributed by atoms with E-state index in [1.807, 2.05) is 25.1 Å². The van der Waals surface area contributed by atoms with Gasteiger partial charge in [0.15, 0.2) is 0 Å². The van der Waals surface area contributed by atoms with Crippen LogP contribution in [0.25, 0.3) is 17.0 Å². The Morgan fingerprint density at radius 1 is 1.00 bits per heavy atom. The Morgan fingerprint density at radius 2 is 1.75 bits per heavy atom. The first kappa shape index (κ1) is 23.2. The summed E-state index contributed by atoms with van der Waals surface area (Å²) in [5, 5.41) is 3.67. The van der Waals surface area contributed by atoms with Crippen LogP contribution in [-0.4, -0.2) is 34.5 Å². The van der Waals surface area contributed by atoms with Crippen LogP contribution in [0.1, 0.15) is 38.7 Å². The van der Waals surface area contributed by atoms with Crippen LogP contribution in [0.5, 0.6) is 0 Å². The molecular formula is C28H25N3O5. The summed E-state index contributed by atoms with van der Waals surface area (Å²) in [6, 6.07) is 18.8. The number of nitrogens with one attached hydrogen (secondary N) is 1. The molecule has 1 aliphatic rings. The van der Waals surface area contributed by atoms with Crippen molar-refractivity contribution in [2.45, 2.75) is 26.9 Å². The van der Waals surface area contributed by atoms with E-state index in [2.05, 4.69) is 51.9 Å². The SMILES string of the molecule is COC(=O)c1ccc(CN2C(=O)N/C(=C\c3c(C)n(Cc4ccc(C)cc4)c4ccccc34)C2=O)o1. The summed E-state index contributed by atoms with van der Waals surface area (Å²) in [6.45, 7) is 4.65. The Balaban J connectivity index is 1.46. The Labute approximate surface area is 207 Å². The molecule has 3 amide bonds. The first-order chi connectivity index (χ1) is 17.4. The van der Waals surface area contributed by atoms with Crippen molar-refractivity contribution >= 4 is 34.9 Å². The molecule has 1 aliphatic heterocycles. The van der Waals surface area contributed by atoms with Crippen molar-refractivity contribution in [1.29, 1.82) is 0 Å². The van der Waals surface area contributed by atoms with Crippen LogP contribution >= 0.6 is 0 Å². The van der Waals surface area contributed by atoms with E-state index in [0.717, 1.165) is 27.1 Å². The standard InChI is InChI=1S/C28H25N3O5/c1-17-8-10-19(11-9-17)15-30-18(2)22(21-6-4-5-7-24(21)30)14-23-26(32)31(28(34)29-23)16-20-12-13-25(36-20)27(33)35-3/h4-14H,15-16H2,1-3H3,(H,29,34)/b23-14-. The van der Waals surface area contributed by atoms with Gasteiger partial charge in [-0.2, -0.15) is 0 Å². The van der Waals surface area contributed by atoms with Gasteiger partial charge in [0.25, 0.3) is 5.91 Å². The number of amides is 3. The second-order valence-electron chi connectivity index (χ2n) is 8.72. The minimum absolute atomic E-state index is 0.00679. The normalized spacial score (nSPS) is 14.6. The van der Waals surface area contributed by atoms with Gasteiger partial charge in [0.05, 0.1) is 13.7 Å². The zero-order valence-electron chi connectivity index (χ0n) is 20.2. The fourth-order valence-electron chi connectivity index (χ4n) is 4.41. The topological polar surface area (TPSA) is 93.8 Å². The van der Waals surface area contributed by atoms with Crippen LogP contribution in [0.2, 0.25) is 0 Å². The van der Waals surface area contributed by atoms with E-state index in [1.165, 1.54) is 30.4 Å². The van der Waals surface area contributed by atoms with Gasteiger partial charge >= 0.3 is 12.0 Å². The highest BCUT2D eigenvalue weighted by Crippen LogP contribution is 2.30. The number of carbonyl (C=O) groups excluding carboxylic acids is 3. The van der Waals surface area contributed by atoms with E-state index in [1.54, 1.807) is 6.08 Å². The second-order valence-corrected chi connectivity index (χ2v) is 8.72. The maximum absolute atomic E-state index is 13.1. The van der Waals surface area contributed by atoms with Crippen molar-refractivity contribution in [3.8, 4) is 0 Å². The number of imide groups is 1. The molecule has 0 atom stereocenters. The predicted molar refractivity (Wildman–Crippen MR) is 134 cm³/mol. The van der Waals surface area contributed by atoms with E-state index in [-0.39, 0.29) is 18.0 Å². The number of aromatic nitrogens is 1. The Morgan fingerprint density at radius 3 is 2.50 bits per heavy atom. The van der Waals surface area contributed by atoms with E-state index < -0.39 is 17.9 Å². The summed E-state index contributed by atoms with van der Waals surface area (Å²) in [5.74, 6) is -0.791. The third kappa shape index (κ3) is 4.17. The molecule has 8 heteroatoms. The minimum atomic E-state index is -0.628. The second kappa shape index (κ2) is 9.22. The number of urea groups is 1. The lowest BCUT2D eigenvalue weighted by molar-refractivity contribution is -0.123. The molecule has 0 bridgehead atoms. The molecule has 182 valence electrons. The molecule has 0 spiro atoms. The van der Waals surface area contributed by atoms with Crippen molar-refractivity contribution < 1.29 is 23.5 Å². The number of carbonyl (C=O) groups is 3. The number of hydrogen-bond acceptors (Lipinski definition) is 5. The summed E-state index contributed by atoms with van der Waals surface area (Å²) in [4.78, 5) is 38.4. The average molecular weight is 484 g/mol. The summed E-state index contributed by atoms with van der Waals surface area (Å²) in [7, 11) is 1.25. The highest BCUT2D eigenvalue weighted by molar-refractivity contribution is 6.14. The van der Waals surface area contributed by atoms with Crippen LogP contribution in [-0.2, 0) is 22.6 Å². The largest absolute Gasteiger partial charge is 0.463 e. The predicted octanol–water partition coefficient (Wildman–Crippen LogP) is 4.78. The highest BCUT2D eigenvalue weighted by Gasteiger charge is 2.35. The smallest absolute Gasteiger partial charge is 0.373 e. The number of nitrogens with zero attached hydrogens (tertiary/aromatic N) is 2. The number of para-hydroxylation sites is 1. The summed E-state index contributed by atoms with van der Waals surface area (Å²) in [5.41, 5.74) is 5.45. The van der Waals surface area contributed by atoms with E-state index in [4.69, 9.17) is 4.42 Å². The van der Waals surface area contributed by atoms with Crippen molar-refractivity contribution in [3.63, 3.8) is 0 Å². The number of methoxy groups -OCH3 is 1. The van der Waals surface area contributed by atoms with Gasteiger partial charge in [-0.05, 0) is 43.7 Å². The van der Waals surface area contributed by atoms with E-state index in [0.29, 0.717) is 12.3 Å². The molecular weight excluding hydrogens is 458 g/mol. The van der Waals surface area contributed by atoms with Gasteiger partial charge in [-0.1, -0.05) is 48.0 Å². The fourth-order valence-corrected chi connectivity index (χ4v) is 4.41. The molecule has 8 nitrogen and oxygen atoms in total. The molecule has 36 heavy (non-hydrogen) atoms. The lowest BCUT2D eigenvalue weighted by Gasteiger charge is -2.09. The zero-order valence-corrected chi connectivity index (χ0v) is 20.2. The Kier molecular flexibility index (Phi) is 5.93. The number of aryl methyl sites for hydroxylation is 1. The number of ether oxygens (including phenoxy) is 1. The average Bonchev–Trinajstić information content (AvgIpc) is 3.53. The Bertz CT molecular complexity index is 1520. The molecule has 1 saturated heterocycles. The molecule has 0 aliphatic carbocycles. The first-order valence-electron chi connectivity index (χ1n) is 11.5. The maximum Gasteiger partial charge on any atom is 0.373 e. The van der Waals surface area contributed by atoms with Gasteiger partial charge in [0, 0.05) is 28.7 Å². The van der Waals surface area contributed by atoms with Gasteiger partial charge in [-0.3, -0.25) is 9.69 Å². The third-order valence-electron chi connectivity index (χ3n) is 6.35. The zero-order chi connectivity index (χ0) is 25.4. The van der Waals surface area contributed by atoms with Crippen LogP contribution in [0.3, 0.4) is 0 Å². The lowest BCUT2D eigenvalue weighted by atomic mass is 10.1. The third-order valence-corrected chi connectivity index (χ3v) is 6.35. The number of rotatable bonds is 6. The number of hydrogen-bond donors (Lipinski definition) is 1. The molecule has 0 saturated carbocycles. The summed E-state index contributed by atoms with van der Waals surface area (Å²) in [6.07, 6.45) is 1.73. The van der Waals surface area contributed by atoms with Gasteiger partial charge in [0.1, 0.15) is 11.5 Å². The molecule has 0 radical (unpaired) electrons.